The Bertz CT molecular complexity index is 983. The van der Waals surface area contributed by atoms with E-state index in [4.69, 9.17) is 4.42 Å². The van der Waals surface area contributed by atoms with Crippen molar-refractivity contribution in [1.82, 2.24) is 4.57 Å². The molecule has 3 rings (SSSR count). The molecule has 1 aromatic carbocycles. The van der Waals surface area contributed by atoms with Crippen molar-refractivity contribution >= 4 is 22.7 Å². The topological polar surface area (TPSA) is 85.9 Å². The van der Waals surface area contributed by atoms with Crippen molar-refractivity contribution in [2.45, 2.75) is 20.4 Å². The number of hydrogen-bond acceptors (Lipinski definition) is 6. The fourth-order valence-corrected chi connectivity index (χ4v) is 3.09. The van der Waals surface area contributed by atoms with Crippen LogP contribution in [0.5, 0.6) is 0 Å². The Morgan fingerprint density at radius 3 is 2.92 bits per heavy atom. The fraction of sp³-hybridized carbons (Fsp3) is 0.176. The molecule has 0 bridgehead atoms. The van der Waals surface area contributed by atoms with E-state index in [1.54, 1.807) is 25.3 Å². The Hall–Kier alpha value is -3.00. The van der Waals surface area contributed by atoms with Crippen molar-refractivity contribution in [1.29, 1.82) is 0 Å². The number of rotatable bonds is 5. The molecule has 0 fully saturated rings. The van der Waals surface area contributed by atoms with Crippen molar-refractivity contribution in [3.05, 3.63) is 80.0 Å². The van der Waals surface area contributed by atoms with Crippen molar-refractivity contribution in [3.8, 4) is 0 Å². The maximum atomic E-state index is 10.9. The van der Waals surface area contributed by atoms with Gasteiger partial charge in [-0.15, -0.1) is 16.4 Å². The molecule has 0 saturated heterocycles. The maximum absolute atomic E-state index is 10.9. The van der Waals surface area contributed by atoms with Crippen LogP contribution in [0, 0.1) is 17.0 Å². The van der Waals surface area contributed by atoms with Gasteiger partial charge in [-0.1, -0.05) is 12.1 Å². The van der Waals surface area contributed by atoms with Crippen LogP contribution in [-0.2, 0) is 6.54 Å². The molecule has 0 aliphatic rings. The van der Waals surface area contributed by atoms with Gasteiger partial charge in [-0.25, -0.2) is 0 Å². The van der Waals surface area contributed by atoms with Crippen LogP contribution in [0.2, 0.25) is 0 Å². The first-order chi connectivity index (χ1) is 12.0. The molecule has 0 atom stereocenters. The van der Waals surface area contributed by atoms with Crippen LogP contribution in [0.4, 0.5) is 5.69 Å². The standard InChI is InChI=1S/C17H16N4O3S/c1-12-11-25-17(20(12)10-16-7-4-8-24-16)19-18-13(2)14-5-3-6-15(9-14)21(22)23/h3-9,11H,10H2,1-2H3/b18-13+,19-17+. The van der Waals surface area contributed by atoms with E-state index in [0.717, 1.165) is 16.3 Å². The van der Waals surface area contributed by atoms with Gasteiger partial charge >= 0.3 is 0 Å². The van der Waals surface area contributed by atoms with Gasteiger partial charge in [0, 0.05) is 28.8 Å². The molecule has 0 N–H and O–H groups in total. The SMILES string of the molecule is C/C(=N\N=c1\scc(C)n1Cc1ccco1)c1cccc([N+](=O)[O-])c1. The zero-order valence-corrected chi connectivity index (χ0v) is 14.6. The van der Waals surface area contributed by atoms with Crippen LogP contribution in [0.1, 0.15) is 23.9 Å². The molecule has 7 nitrogen and oxygen atoms in total. The number of nitrogens with zero attached hydrogens (tertiary/aromatic N) is 4. The number of furan rings is 1. The van der Waals surface area contributed by atoms with Crippen LogP contribution in [0.25, 0.3) is 0 Å². The Balaban J connectivity index is 1.92. The first-order valence-corrected chi connectivity index (χ1v) is 8.43. The summed E-state index contributed by atoms with van der Waals surface area (Å²) in [7, 11) is 0. The summed E-state index contributed by atoms with van der Waals surface area (Å²) in [6.07, 6.45) is 1.64. The quantitative estimate of drug-likeness (QED) is 0.396. The van der Waals surface area contributed by atoms with Gasteiger partial charge in [-0.05, 0) is 26.0 Å². The molecule has 128 valence electrons. The number of aromatic nitrogens is 1. The van der Waals surface area contributed by atoms with Crippen molar-refractivity contribution < 1.29 is 9.34 Å². The third kappa shape index (κ3) is 3.92. The summed E-state index contributed by atoms with van der Waals surface area (Å²) >= 11 is 1.48. The van der Waals surface area contributed by atoms with Crippen molar-refractivity contribution in [3.63, 3.8) is 0 Å². The number of hydrogen-bond donors (Lipinski definition) is 0. The Labute approximate surface area is 147 Å². The summed E-state index contributed by atoms with van der Waals surface area (Å²) in [6.45, 7) is 4.35. The number of nitro groups is 1. The van der Waals surface area contributed by atoms with Gasteiger partial charge in [0.2, 0.25) is 4.80 Å². The number of nitro benzene ring substituents is 1. The Kier molecular flexibility index (Phi) is 4.90. The smallest absolute Gasteiger partial charge is 0.270 e. The molecule has 0 radical (unpaired) electrons. The van der Waals surface area contributed by atoms with E-state index in [9.17, 15) is 10.1 Å². The summed E-state index contributed by atoms with van der Waals surface area (Å²) in [4.78, 5) is 11.2. The molecule has 0 saturated carbocycles. The highest BCUT2D eigenvalue weighted by molar-refractivity contribution is 7.07. The van der Waals surface area contributed by atoms with E-state index in [2.05, 4.69) is 10.2 Å². The summed E-state index contributed by atoms with van der Waals surface area (Å²) < 4.78 is 7.40. The molecule has 0 unspecified atom stereocenters. The first-order valence-electron chi connectivity index (χ1n) is 7.55. The van der Waals surface area contributed by atoms with Gasteiger partial charge in [0.1, 0.15) is 5.76 Å². The molecule has 2 aromatic heterocycles. The van der Waals surface area contributed by atoms with E-state index >= 15 is 0 Å². The Morgan fingerprint density at radius 1 is 1.36 bits per heavy atom. The minimum Gasteiger partial charge on any atom is -0.467 e. The predicted molar refractivity (Wildman–Crippen MR) is 95.7 cm³/mol. The van der Waals surface area contributed by atoms with Crippen LogP contribution < -0.4 is 4.80 Å². The maximum Gasteiger partial charge on any atom is 0.270 e. The monoisotopic (exact) mass is 356 g/mol. The highest BCUT2D eigenvalue weighted by Gasteiger charge is 2.08. The van der Waals surface area contributed by atoms with E-state index in [-0.39, 0.29) is 5.69 Å². The van der Waals surface area contributed by atoms with Crippen LogP contribution >= 0.6 is 11.3 Å². The second-order valence-electron chi connectivity index (χ2n) is 5.42. The fourth-order valence-electron chi connectivity index (χ4n) is 2.26. The van der Waals surface area contributed by atoms with Crippen molar-refractivity contribution in [2.24, 2.45) is 10.2 Å². The average molecular weight is 356 g/mol. The van der Waals surface area contributed by atoms with Gasteiger partial charge in [0.25, 0.3) is 5.69 Å². The van der Waals surface area contributed by atoms with Crippen LogP contribution in [0.3, 0.4) is 0 Å². The number of benzene rings is 1. The normalized spacial score (nSPS) is 12.6. The molecule has 3 aromatic rings. The molecule has 0 aliphatic heterocycles. The Morgan fingerprint density at radius 2 is 2.20 bits per heavy atom. The first kappa shape index (κ1) is 16.8. The zero-order valence-electron chi connectivity index (χ0n) is 13.7. The molecule has 0 aliphatic carbocycles. The highest BCUT2D eigenvalue weighted by Crippen LogP contribution is 2.14. The predicted octanol–water partition coefficient (Wildman–Crippen LogP) is 3.73. The number of non-ortho nitro benzene ring substituents is 1. The lowest BCUT2D eigenvalue weighted by molar-refractivity contribution is -0.384. The highest BCUT2D eigenvalue weighted by atomic mass is 32.1. The van der Waals surface area contributed by atoms with E-state index in [1.807, 2.05) is 29.0 Å². The number of aryl methyl sites for hydroxylation is 1. The third-order valence-electron chi connectivity index (χ3n) is 3.65. The minimum absolute atomic E-state index is 0.0342. The minimum atomic E-state index is -0.423. The average Bonchev–Trinajstić information content (AvgIpc) is 3.24. The largest absolute Gasteiger partial charge is 0.467 e. The van der Waals surface area contributed by atoms with E-state index in [0.29, 0.717) is 17.8 Å². The molecular weight excluding hydrogens is 340 g/mol. The van der Waals surface area contributed by atoms with Crippen LogP contribution in [-0.4, -0.2) is 15.2 Å². The van der Waals surface area contributed by atoms with Gasteiger partial charge < -0.3 is 8.98 Å². The lowest BCUT2D eigenvalue weighted by atomic mass is 10.1. The number of thiazole rings is 1. The molecule has 25 heavy (non-hydrogen) atoms. The zero-order chi connectivity index (χ0) is 17.8. The summed E-state index contributed by atoms with van der Waals surface area (Å²) in [5, 5.41) is 21.4. The second-order valence-corrected chi connectivity index (χ2v) is 6.25. The van der Waals surface area contributed by atoms with Crippen molar-refractivity contribution in [2.75, 3.05) is 0 Å². The molecule has 0 amide bonds. The molecule has 8 heteroatoms. The summed E-state index contributed by atoms with van der Waals surface area (Å²) in [6, 6.07) is 10.1. The van der Waals surface area contributed by atoms with E-state index < -0.39 is 4.92 Å². The lowest BCUT2D eigenvalue weighted by Gasteiger charge is -2.02. The van der Waals surface area contributed by atoms with Gasteiger partial charge in [0.15, 0.2) is 0 Å². The summed E-state index contributed by atoms with van der Waals surface area (Å²) in [5.74, 6) is 0.835. The third-order valence-corrected chi connectivity index (χ3v) is 4.62. The molecule has 0 spiro atoms. The molecule has 2 heterocycles. The van der Waals surface area contributed by atoms with Gasteiger partial charge in [-0.3, -0.25) is 10.1 Å². The molecular formula is C17H16N4O3S. The van der Waals surface area contributed by atoms with E-state index in [1.165, 1.54) is 23.5 Å². The van der Waals surface area contributed by atoms with Gasteiger partial charge in [0.05, 0.1) is 23.4 Å². The lowest BCUT2D eigenvalue weighted by Crippen LogP contribution is -2.16. The second kappa shape index (κ2) is 7.27. The van der Waals surface area contributed by atoms with Crippen LogP contribution in [0.15, 0.2) is 62.7 Å². The van der Waals surface area contributed by atoms with Gasteiger partial charge in [-0.2, -0.15) is 5.10 Å². The summed E-state index contributed by atoms with van der Waals surface area (Å²) in [5.41, 5.74) is 2.37.